The van der Waals surface area contributed by atoms with E-state index in [4.69, 9.17) is 0 Å². The van der Waals surface area contributed by atoms with Gasteiger partial charge in [-0.05, 0) is 67.7 Å². The van der Waals surface area contributed by atoms with Crippen LogP contribution >= 0.6 is 0 Å². The van der Waals surface area contributed by atoms with Crippen molar-refractivity contribution in [2.24, 2.45) is 5.92 Å². The van der Waals surface area contributed by atoms with Crippen molar-refractivity contribution in [3.63, 3.8) is 0 Å². The fourth-order valence-electron chi connectivity index (χ4n) is 3.18. The molecule has 2 aliphatic rings. The van der Waals surface area contributed by atoms with Crippen molar-refractivity contribution in [2.75, 3.05) is 6.54 Å². The third kappa shape index (κ3) is 2.77. The lowest BCUT2D eigenvalue weighted by Gasteiger charge is -2.26. The highest BCUT2D eigenvalue weighted by molar-refractivity contribution is 5.34. The summed E-state index contributed by atoms with van der Waals surface area (Å²) in [5, 5.41) is 3.65. The van der Waals surface area contributed by atoms with Crippen molar-refractivity contribution in [2.45, 2.75) is 57.9 Å². The van der Waals surface area contributed by atoms with E-state index in [0.717, 1.165) is 18.5 Å². The Morgan fingerprint density at radius 3 is 2.83 bits per heavy atom. The minimum atomic E-state index is 0.823. The summed E-state index contributed by atoms with van der Waals surface area (Å²) < 4.78 is 0. The summed E-state index contributed by atoms with van der Waals surface area (Å²) in [7, 11) is 0. The topological polar surface area (TPSA) is 12.0 Å². The molecule has 98 valence electrons. The lowest BCUT2D eigenvalue weighted by atomic mass is 9.84. The van der Waals surface area contributed by atoms with Crippen molar-refractivity contribution in [1.82, 2.24) is 5.32 Å². The molecule has 1 nitrogen and oxygen atoms in total. The lowest BCUT2D eigenvalue weighted by Crippen LogP contribution is -2.36. The summed E-state index contributed by atoms with van der Waals surface area (Å²) in [6.07, 6.45) is 9.35. The number of benzene rings is 1. The van der Waals surface area contributed by atoms with Crippen LogP contribution in [0.4, 0.5) is 0 Å². The largest absolute Gasteiger partial charge is 0.314 e. The summed E-state index contributed by atoms with van der Waals surface area (Å²) in [4.78, 5) is 0. The van der Waals surface area contributed by atoms with Gasteiger partial charge in [-0.15, -0.1) is 0 Å². The van der Waals surface area contributed by atoms with Gasteiger partial charge in [0.25, 0.3) is 0 Å². The van der Waals surface area contributed by atoms with Crippen LogP contribution in [0.25, 0.3) is 0 Å². The Morgan fingerprint density at radius 1 is 1.17 bits per heavy atom. The molecule has 0 saturated heterocycles. The average molecular weight is 243 g/mol. The quantitative estimate of drug-likeness (QED) is 0.853. The van der Waals surface area contributed by atoms with Crippen molar-refractivity contribution in [3.8, 4) is 0 Å². The Bertz CT molecular complexity index is 406. The number of fused-ring (bicyclic) bond motifs is 1. The molecule has 0 heterocycles. The van der Waals surface area contributed by atoms with Crippen LogP contribution in [0.5, 0.6) is 0 Å². The van der Waals surface area contributed by atoms with Crippen LogP contribution in [-0.4, -0.2) is 12.6 Å². The molecular formula is C17H25N. The Hall–Kier alpha value is -0.820. The van der Waals surface area contributed by atoms with Crippen molar-refractivity contribution < 1.29 is 0 Å². The first-order chi connectivity index (χ1) is 8.81. The molecule has 0 bridgehead atoms. The first-order valence-corrected chi connectivity index (χ1v) is 7.65. The van der Waals surface area contributed by atoms with Crippen LogP contribution in [0.1, 0.15) is 49.3 Å². The molecule has 0 aromatic heterocycles. The van der Waals surface area contributed by atoms with Crippen LogP contribution in [0.15, 0.2) is 18.2 Å². The zero-order valence-electron chi connectivity index (χ0n) is 11.5. The minimum Gasteiger partial charge on any atom is -0.314 e. The molecule has 18 heavy (non-hydrogen) atoms. The first-order valence-electron chi connectivity index (χ1n) is 7.65. The lowest BCUT2D eigenvalue weighted by molar-refractivity contribution is 0.342. The molecule has 0 spiro atoms. The van der Waals surface area contributed by atoms with Crippen LogP contribution in [0.3, 0.4) is 0 Å². The molecule has 0 amide bonds. The molecule has 0 radical (unpaired) electrons. The Kier molecular flexibility index (Phi) is 3.69. The molecule has 3 rings (SSSR count). The highest BCUT2D eigenvalue weighted by Crippen LogP contribution is 2.26. The van der Waals surface area contributed by atoms with Gasteiger partial charge in [-0.2, -0.15) is 0 Å². The first kappa shape index (κ1) is 12.2. The molecular weight excluding hydrogens is 218 g/mol. The molecule has 0 aliphatic heterocycles. The standard InChI is InChI=1S/C17H25N/c1-13-5-7-16-12-14(6-8-15(16)11-13)9-10-18-17-3-2-4-17/h6,8,12-13,17-18H,2-5,7,9-11H2,1H3. The van der Waals surface area contributed by atoms with Gasteiger partial charge in [0.15, 0.2) is 0 Å². The van der Waals surface area contributed by atoms with E-state index in [9.17, 15) is 0 Å². The molecule has 1 fully saturated rings. The minimum absolute atomic E-state index is 0.823. The summed E-state index contributed by atoms with van der Waals surface area (Å²) in [5.74, 6) is 0.878. The second kappa shape index (κ2) is 5.44. The number of hydrogen-bond acceptors (Lipinski definition) is 1. The Balaban J connectivity index is 1.56. The summed E-state index contributed by atoms with van der Waals surface area (Å²) in [5.41, 5.74) is 4.74. The molecule has 1 aromatic rings. The molecule has 2 aliphatic carbocycles. The zero-order chi connectivity index (χ0) is 12.4. The molecule has 1 N–H and O–H groups in total. The highest BCUT2D eigenvalue weighted by Gasteiger charge is 2.17. The normalized spacial score (nSPS) is 23.5. The van der Waals surface area contributed by atoms with Crippen LogP contribution in [-0.2, 0) is 19.3 Å². The fraction of sp³-hybridized carbons (Fsp3) is 0.647. The van der Waals surface area contributed by atoms with Crippen molar-refractivity contribution >= 4 is 0 Å². The smallest absolute Gasteiger partial charge is 0.00672 e. The second-order valence-corrected chi connectivity index (χ2v) is 6.28. The van der Waals surface area contributed by atoms with Gasteiger partial charge in [-0.25, -0.2) is 0 Å². The number of nitrogens with one attached hydrogen (secondary N) is 1. The number of rotatable bonds is 4. The monoisotopic (exact) mass is 243 g/mol. The van der Waals surface area contributed by atoms with E-state index in [1.807, 2.05) is 0 Å². The fourth-order valence-corrected chi connectivity index (χ4v) is 3.18. The van der Waals surface area contributed by atoms with Gasteiger partial charge in [-0.3, -0.25) is 0 Å². The van der Waals surface area contributed by atoms with Gasteiger partial charge >= 0.3 is 0 Å². The zero-order valence-corrected chi connectivity index (χ0v) is 11.5. The number of hydrogen-bond donors (Lipinski definition) is 1. The predicted octanol–water partition coefficient (Wildman–Crippen LogP) is 3.50. The van der Waals surface area contributed by atoms with Crippen LogP contribution in [0, 0.1) is 5.92 Å². The molecule has 1 atom stereocenters. The maximum Gasteiger partial charge on any atom is 0.00672 e. The third-order valence-corrected chi connectivity index (χ3v) is 4.70. The van der Waals surface area contributed by atoms with Crippen molar-refractivity contribution in [1.29, 1.82) is 0 Å². The summed E-state index contributed by atoms with van der Waals surface area (Å²) in [6, 6.07) is 8.01. The van der Waals surface area contributed by atoms with E-state index in [0.29, 0.717) is 0 Å². The van der Waals surface area contributed by atoms with E-state index in [1.54, 1.807) is 11.1 Å². The third-order valence-electron chi connectivity index (χ3n) is 4.70. The number of aryl methyl sites for hydroxylation is 1. The average Bonchev–Trinajstić information content (AvgIpc) is 2.32. The van der Waals surface area contributed by atoms with E-state index in [2.05, 4.69) is 30.4 Å². The van der Waals surface area contributed by atoms with Gasteiger partial charge in [0.2, 0.25) is 0 Å². The van der Waals surface area contributed by atoms with Crippen LogP contribution in [0.2, 0.25) is 0 Å². The van der Waals surface area contributed by atoms with E-state index in [-0.39, 0.29) is 0 Å². The summed E-state index contributed by atoms with van der Waals surface area (Å²) in [6.45, 7) is 3.53. The van der Waals surface area contributed by atoms with Gasteiger partial charge in [0, 0.05) is 6.04 Å². The highest BCUT2D eigenvalue weighted by atomic mass is 14.9. The molecule has 1 heteroatoms. The summed E-state index contributed by atoms with van der Waals surface area (Å²) >= 11 is 0. The van der Waals surface area contributed by atoms with Gasteiger partial charge in [0.1, 0.15) is 0 Å². The molecule has 1 saturated carbocycles. The van der Waals surface area contributed by atoms with Gasteiger partial charge in [0.05, 0.1) is 0 Å². The Labute approximate surface area is 111 Å². The van der Waals surface area contributed by atoms with Crippen molar-refractivity contribution in [3.05, 3.63) is 34.9 Å². The SMILES string of the molecule is CC1CCc2cc(CCNC3CCC3)ccc2C1. The second-order valence-electron chi connectivity index (χ2n) is 6.28. The molecule has 1 unspecified atom stereocenters. The van der Waals surface area contributed by atoms with Crippen LogP contribution < -0.4 is 5.32 Å². The maximum atomic E-state index is 3.65. The van der Waals surface area contributed by atoms with Gasteiger partial charge in [-0.1, -0.05) is 31.5 Å². The van der Waals surface area contributed by atoms with E-state index in [1.165, 1.54) is 50.5 Å². The molecule has 1 aromatic carbocycles. The van der Waals surface area contributed by atoms with E-state index >= 15 is 0 Å². The van der Waals surface area contributed by atoms with Gasteiger partial charge < -0.3 is 5.32 Å². The van der Waals surface area contributed by atoms with E-state index < -0.39 is 0 Å². The predicted molar refractivity (Wildman–Crippen MR) is 77.0 cm³/mol. The Morgan fingerprint density at radius 2 is 2.06 bits per heavy atom. The maximum absolute atomic E-state index is 3.65.